The van der Waals surface area contributed by atoms with E-state index in [1.165, 1.54) is 23.1 Å². The Morgan fingerprint density at radius 1 is 1.38 bits per heavy atom. The van der Waals surface area contributed by atoms with Crippen LogP contribution in [0.25, 0.3) is 10.9 Å². The molecule has 1 aromatic carbocycles. The third-order valence-corrected chi connectivity index (χ3v) is 5.45. The van der Waals surface area contributed by atoms with E-state index in [-0.39, 0.29) is 17.2 Å². The van der Waals surface area contributed by atoms with E-state index in [0.29, 0.717) is 33.2 Å². The molecule has 8 heteroatoms. The van der Waals surface area contributed by atoms with Crippen LogP contribution in [0.1, 0.15) is 18.9 Å². The fourth-order valence-electron chi connectivity index (χ4n) is 2.47. The minimum atomic E-state index is -0.237. The third-order valence-electron chi connectivity index (χ3n) is 3.64. The van der Waals surface area contributed by atoms with Gasteiger partial charge in [-0.3, -0.25) is 14.2 Å². The van der Waals surface area contributed by atoms with E-state index in [1.54, 1.807) is 28.1 Å². The van der Waals surface area contributed by atoms with Gasteiger partial charge in [0.15, 0.2) is 5.16 Å². The van der Waals surface area contributed by atoms with Crippen molar-refractivity contribution in [2.45, 2.75) is 25.0 Å². The number of nitriles is 1. The molecule has 0 atom stereocenters. The summed E-state index contributed by atoms with van der Waals surface area (Å²) >= 11 is 2.53. The maximum atomic E-state index is 12.7. The Hall–Kier alpha value is -2.63. The maximum Gasteiger partial charge on any atom is 0.262 e. The summed E-state index contributed by atoms with van der Waals surface area (Å²) in [4.78, 5) is 29.5. The van der Waals surface area contributed by atoms with Gasteiger partial charge in [-0.05, 0) is 30.0 Å². The van der Waals surface area contributed by atoms with Crippen molar-refractivity contribution in [3.05, 3.63) is 51.6 Å². The van der Waals surface area contributed by atoms with E-state index in [1.807, 2.05) is 25.1 Å². The quantitative estimate of drug-likeness (QED) is 0.519. The summed E-state index contributed by atoms with van der Waals surface area (Å²) in [5.74, 6) is -0.128. The molecule has 26 heavy (non-hydrogen) atoms. The van der Waals surface area contributed by atoms with Gasteiger partial charge >= 0.3 is 0 Å². The lowest BCUT2D eigenvalue weighted by Crippen LogP contribution is -2.24. The van der Waals surface area contributed by atoms with E-state index in [4.69, 9.17) is 5.26 Å². The van der Waals surface area contributed by atoms with Crippen molar-refractivity contribution in [1.29, 1.82) is 5.26 Å². The lowest BCUT2D eigenvalue weighted by atomic mass is 10.2. The van der Waals surface area contributed by atoms with E-state index in [0.717, 1.165) is 6.42 Å². The number of nitrogens with zero attached hydrogens (tertiary/aromatic N) is 3. The number of rotatable bonds is 6. The average Bonchev–Trinajstić information content (AvgIpc) is 3.10. The maximum absolute atomic E-state index is 12.7. The van der Waals surface area contributed by atoms with Gasteiger partial charge in [0.1, 0.15) is 11.1 Å². The molecule has 0 radical (unpaired) electrons. The Morgan fingerprint density at radius 2 is 2.19 bits per heavy atom. The van der Waals surface area contributed by atoms with Crippen LogP contribution in [0.2, 0.25) is 0 Å². The minimum Gasteiger partial charge on any atom is -0.316 e. The summed E-state index contributed by atoms with van der Waals surface area (Å²) < 4.78 is 1.62. The fourth-order valence-corrected chi connectivity index (χ4v) is 4.04. The number of hydrogen-bond donors (Lipinski definition) is 1. The highest BCUT2D eigenvalue weighted by Gasteiger charge is 2.14. The van der Waals surface area contributed by atoms with Crippen molar-refractivity contribution in [3.63, 3.8) is 0 Å². The first-order chi connectivity index (χ1) is 12.6. The van der Waals surface area contributed by atoms with Gasteiger partial charge in [-0.15, -0.1) is 11.3 Å². The van der Waals surface area contributed by atoms with Crippen molar-refractivity contribution < 1.29 is 4.79 Å². The second-order valence-corrected chi connectivity index (χ2v) is 7.34. The topological polar surface area (TPSA) is 87.8 Å². The minimum absolute atomic E-state index is 0.0922. The first-order valence-electron chi connectivity index (χ1n) is 8.04. The molecule has 0 aliphatic carbocycles. The van der Waals surface area contributed by atoms with Crippen molar-refractivity contribution in [2.75, 3.05) is 11.1 Å². The van der Waals surface area contributed by atoms with Crippen LogP contribution in [-0.2, 0) is 11.3 Å². The summed E-state index contributed by atoms with van der Waals surface area (Å²) in [6.45, 7) is 2.53. The predicted molar refractivity (Wildman–Crippen MR) is 105 cm³/mol. The van der Waals surface area contributed by atoms with Gasteiger partial charge in [-0.25, -0.2) is 4.98 Å². The number of thioether (sulfide) groups is 1. The largest absolute Gasteiger partial charge is 0.316 e. The highest BCUT2D eigenvalue weighted by molar-refractivity contribution is 7.99. The lowest BCUT2D eigenvalue weighted by molar-refractivity contribution is -0.113. The molecule has 0 aliphatic heterocycles. The number of nitrogens with one attached hydrogen (secondary N) is 1. The summed E-state index contributed by atoms with van der Waals surface area (Å²) in [5, 5.41) is 15.1. The predicted octanol–water partition coefficient (Wildman–Crippen LogP) is 3.47. The molecule has 0 bridgehead atoms. The number of benzene rings is 1. The van der Waals surface area contributed by atoms with Crippen LogP contribution in [-0.4, -0.2) is 21.2 Å². The van der Waals surface area contributed by atoms with Crippen LogP contribution in [0.4, 0.5) is 5.00 Å². The van der Waals surface area contributed by atoms with E-state index < -0.39 is 0 Å². The number of carbonyl (C=O) groups is 1. The number of aromatic nitrogens is 2. The molecule has 2 heterocycles. The highest BCUT2D eigenvalue weighted by Crippen LogP contribution is 2.23. The van der Waals surface area contributed by atoms with Crippen LogP contribution in [0, 0.1) is 11.3 Å². The summed E-state index contributed by atoms with van der Waals surface area (Å²) in [5.41, 5.74) is 0.975. The molecule has 132 valence electrons. The molecule has 3 rings (SSSR count). The molecule has 0 saturated heterocycles. The molecule has 1 N–H and O–H groups in total. The van der Waals surface area contributed by atoms with Crippen molar-refractivity contribution >= 4 is 44.9 Å². The first kappa shape index (κ1) is 18.2. The number of amides is 1. The van der Waals surface area contributed by atoms with Crippen molar-refractivity contribution in [2.24, 2.45) is 0 Å². The third kappa shape index (κ3) is 3.79. The van der Waals surface area contributed by atoms with Crippen molar-refractivity contribution in [1.82, 2.24) is 9.55 Å². The second-order valence-electron chi connectivity index (χ2n) is 5.48. The molecular weight excluding hydrogens is 368 g/mol. The Bertz CT molecular complexity index is 1050. The van der Waals surface area contributed by atoms with E-state index in [9.17, 15) is 9.59 Å². The molecule has 0 fully saturated rings. The Balaban J connectivity index is 1.82. The van der Waals surface area contributed by atoms with Crippen LogP contribution >= 0.6 is 23.1 Å². The molecule has 0 unspecified atom stereocenters. The summed E-state index contributed by atoms with van der Waals surface area (Å²) in [7, 11) is 0. The SMILES string of the molecule is CCCn1c(SCC(=O)Nc2sccc2C#N)nc2ccccc2c1=O. The normalized spacial score (nSPS) is 10.6. The lowest BCUT2D eigenvalue weighted by Gasteiger charge is -2.12. The van der Waals surface area contributed by atoms with E-state index >= 15 is 0 Å². The van der Waals surface area contributed by atoms with Gasteiger partial charge in [0.05, 0.1) is 22.2 Å². The van der Waals surface area contributed by atoms with Crippen LogP contribution in [0.5, 0.6) is 0 Å². The number of anilines is 1. The summed E-state index contributed by atoms with van der Waals surface area (Å²) in [6, 6.07) is 10.9. The zero-order valence-corrected chi connectivity index (χ0v) is 15.7. The van der Waals surface area contributed by atoms with Crippen LogP contribution < -0.4 is 10.9 Å². The first-order valence-corrected chi connectivity index (χ1v) is 9.90. The van der Waals surface area contributed by atoms with Gasteiger partial charge in [0.2, 0.25) is 5.91 Å². The van der Waals surface area contributed by atoms with Gasteiger partial charge in [0.25, 0.3) is 5.56 Å². The molecule has 1 amide bonds. The number of thiophene rings is 1. The monoisotopic (exact) mass is 384 g/mol. The summed E-state index contributed by atoms with van der Waals surface area (Å²) in [6.07, 6.45) is 0.792. The number of carbonyl (C=O) groups excluding carboxylic acids is 1. The Kier molecular flexibility index (Phi) is 5.71. The van der Waals surface area contributed by atoms with Gasteiger partial charge in [-0.1, -0.05) is 30.8 Å². The molecule has 6 nitrogen and oxygen atoms in total. The molecule has 0 aliphatic rings. The second kappa shape index (κ2) is 8.17. The Morgan fingerprint density at radius 3 is 2.96 bits per heavy atom. The van der Waals surface area contributed by atoms with Gasteiger partial charge in [0, 0.05) is 6.54 Å². The molecule has 0 spiro atoms. The zero-order chi connectivity index (χ0) is 18.5. The number of fused-ring (bicyclic) bond motifs is 1. The van der Waals surface area contributed by atoms with Crippen molar-refractivity contribution in [3.8, 4) is 6.07 Å². The van der Waals surface area contributed by atoms with Crippen LogP contribution in [0.3, 0.4) is 0 Å². The standard InChI is InChI=1S/C18H16N4O2S2/c1-2-8-22-17(24)13-5-3-4-6-14(13)20-18(22)26-11-15(23)21-16-12(10-19)7-9-25-16/h3-7,9H,2,8,11H2,1H3,(H,21,23). The highest BCUT2D eigenvalue weighted by atomic mass is 32.2. The van der Waals surface area contributed by atoms with Gasteiger partial charge in [-0.2, -0.15) is 5.26 Å². The van der Waals surface area contributed by atoms with Gasteiger partial charge < -0.3 is 5.32 Å². The average molecular weight is 384 g/mol. The Labute approximate surface area is 158 Å². The molecule has 2 aromatic heterocycles. The van der Waals surface area contributed by atoms with E-state index in [2.05, 4.69) is 10.3 Å². The molecule has 3 aromatic rings. The molecular formula is C18H16N4O2S2. The zero-order valence-electron chi connectivity index (χ0n) is 14.1. The van der Waals surface area contributed by atoms with Crippen LogP contribution in [0.15, 0.2) is 45.7 Å². The molecule has 0 saturated carbocycles. The number of para-hydroxylation sites is 1. The fraction of sp³-hybridized carbons (Fsp3) is 0.222. The number of hydrogen-bond acceptors (Lipinski definition) is 6. The smallest absolute Gasteiger partial charge is 0.262 e.